The van der Waals surface area contributed by atoms with Crippen LogP contribution in [-0.4, -0.2) is 18.5 Å². The summed E-state index contributed by atoms with van der Waals surface area (Å²) in [5.74, 6) is 0. The zero-order valence-corrected chi connectivity index (χ0v) is 11.3. The number of nitrogens with zero attached hydrogens (tertiary/aromatic N) is 1. The van der Waals surface area contributed by atoms with E-state index in [-0.39, 0.29) is 16.7 Å². The normalized spacial score (nSPS) is 11.3. The molecule has 2 rings (SSSR count). The fourth-order valence-electron chi connectivity index (χ4n) is 1.48. The Morgan fingerprint density at radius 1 is 1.21 bits per heavy atom. The van der Waals surface area contributed by atoms with Gasteiger partial charge < -0.3 is 5.11 Å². The summed E-state index contributed by atoms with van der Waals surface area (Å²) in [6.45, 7) is -0.252. The van der Waals surface area contributed by atoms with Gasteiger partial charge in [-0.1, -0.05) is 29.8 Å². The van der Waals surface area contributed by atoms with Crippen LogP contribution in [0.5, 0.6) is 0 Å². The first-order valence-electron chi connectivity index (χ1n) is 5.36. The van der Waals surface area contributed by atoms with E-state index in [9.17, 15) is 8.42 Å². The number of para-hydroxylation sites is 1. The molecule has 19 heavy (non-hydrogen) atoms. The fraction of sp³-hybridized carbons (Fsp3) is 0.0833. The minimum absolute atomic E-state index is 0.00430. The first kappa shape index (κ1) is 13.8. The molecule has 0 saturated carbocycles. The zero-order valence-electron chi connectivity index (χ0n) is 9.75. The number of benzene rings is 1. The number of sulfonamides is 1. The van der Waals surface area contributed by atoms with Crippen LogP contribution in [0.4, 0.5) is 5.69 Å². The lowest BCUT2D eigenvalue weighted by atomic mass is 10.2. The molecule has 2 N–H and O–H groups in total. The molecule has 0 unspecified atom stereocenters. The third-order valence-corrected chi connectivity index (χ3v) is 4.02. The smallest absolute Gasteiger partial charge is 0.263 e. The van der Waals surface area contributed by atoms with E-state index in [2.05, 4.69) is 9.71 Å². The topological polar surface area (TPSA) is 79.3 Å². The van der Waals surface area contributed by atoms with E-state index in [0.717, 1.165) is 0 Å². The van der Waals surface area contributed by atoms with Gasteiger partial charge in [-0.05, 0) is 18.2 Å². The zero-order chi connectivity index (χ0) is 13.9. The number of halogens is 1. The second-order valence-corrected chi connectivity index (χ2v) is 5.81. The van der Waals surface area contributed by atoms with E-state index in [1.165, 1.54) is 18.3 Å². The summed E-state index contributed by atoms with van der Waals surface area (Å²) in [4.78, 5) is 3.73. The summed E-state index contributed by atoms with van der Waals surface area (Å²) >= 11 is 5.61. The molecular formula is C12H11ClN2O3S. The predicted octanol–water partition coefficient (Wildman–Crippen LogP) is 2.03. The van der Waals surface area contributed by atoms with Gasteiger partial charge in [0.15, 0.2) is 0 Å². The van der Waals surface area contributed by atoms with Gasteiger partial charge in [-0.2, -0.15) is 0 Å². The van der Waals surface area contributed by atoms with Crippen molar-refractivity contribution < 1.29 is 13.5 Å². The van der Waals surface area contributed by atoms with Crippen LogP contribution < -0.4 is 4.72 Å². The number of pyridine rings is 1. The number of aliphatic hydroxyl groups is 1. The Labute approximate surface area is 115 Å². The molecule has 0 aliphatic carbocycles. The summed E-state index contributed by atoms with van der Waals surface area (Å²) in [5.41, 5.74) is 0.827. The number of hydrogen-bond donors (Lipinski definition) is 2. The average molecular weight is 299 g/mol. The number of aliphatic hydroxyl groups excluding tert-OH is 1. The van der Waals surface area contributed by atoms with Crippen molar-refractivity contribution in [1.29, 1.82) is 0 Å². The molecule has 1 heterocycles. The molecule has 2 aromatic rings. The molecule has 0 amide bonds. The molecule has 1 aromatic carbocycles. The third kappa shape index (κ3) is 3.23. The van der Waals surface area contributed by atoms with Gasteiger partial charge in [-0.3, -0.25) is 4.72 Å². The lowest BCUT2D eigenvalue weighted by Gasteiger charge is -2.10. The van der Waals surface area contributed by atoms with Crippen molar-refractivity contribution in [2.45, 2.75) is 11.5 Å². The average Bonchev–Trinajstić information content (AvgIpc) is 2.39. The largest absolute Gasteiger partial charge is 0.392 e. The van der Waals surface area contributed by atoms with Crippen LogP contribution in [0.25, 0.3) is 0 Å². The molecule has 5 nitrogen and oxygen atoms in total. The number of hydrogen-bond acceptors (Lipinski definition) is 4. The lowest BCUT2D eigenvalue weighted by molar-refractivity contribution is 0.282. The molecule has 0 saturated heterocycles. The van der Waals surface area contributed by atoms with Crippen molar-refractivity contribution in [2.75, 3.05) is 4.72 Å². The summed E-state index contributed by atoms with van der Waals surface area (Å²) < 4.78 is 26.6. The molecule has 0 radical (unpaired) electrons. The number of rotatable bonds is 4. The molecule has 7 heteroatoms. The van der Waals surface area contributed by atoms with E-state index in [1.807, 2.05) is 0 Å². The maximum absolute atomic E-state index is 12.1. The Morgan fingerprint density at radius 2 is 1.95 bits per heavy atom. The van der Waals surface area contributed by atoms with Gasteiger partial charge in [0.05, 0.1) is 12.3 Å². The summed E-state index contributed by atoms with van der Waals surface area (Å²) in [5, 5.41) is 9.37. The fourth-order valence-corrected chi connectivity index (χ4v) is 2.64. The standard InChI is InChI=1S/C12H11ClN2O3S/c13-12-6-5-10(7-14-12)19(17,18)15-11-4-2-1-3-9(11)8-16/h1-7,15-16H,8H2. The number of aromatic nitrogens is 1. The Balaban J connectivity index is 2.34. The molecule has 0 bridgehead atoms. The molecule has 0 fully saturated rings. The van der Waals surface area contributed by atoms with E-state index in [1.54, 1.807) is 24.3 Å². The second-order valence-electron chi connectivity index (χ2n) is 3.74. The molecule has 0 spiro atoms. The van der Waals surface area contributed by atoms with Gasteiger partial charge in [0.25, 0.3) is 10.0 Å². The van der Waals surface area contributed by atoms with Crippen molar-refractivity contribution in [3.63, 3.8) is 0 Å². The molecule has 0 aliphatic heterocycles. The van der Waals surface area contributed by atoms with Gasteiger partial charge in [0, 0.05) is 11.8 Å². The number of nitrogens with one attached hydrogen (secondary N) is 1. The maximum atomic E-state index is 12.1. The van der Waals surface area contributed by atoms with Crippen molar-refractivity contribution >= 4 is 27.3 Å². The lowest BCUT2D eigenvalue weighted by Crippen LogP contribution is -2.14. The monoisotopic (exact) mass is 298 g/mol. The molecule has 100 valence electrons. The highest BCUT2D eigenvalue weighted by Crippen LogP contribution is 2.20. The highest BCUT2D eigenvalue weighted by Gasteiger charge is 2.16. The van der Waals surface area contributed by atoms with Crippen molar-refractivity contribution in [2.24, 2.45) is 0 Å². The van der Waals surface area contributed by atoms with Crippen LogP contribution in [0, 0.1) is 0 Å². The highest BCUT2D eigenvalue weighted by atomic mass is 35.5. The van der Waals surface area contributed by atoms with Crippen molar-refractivity contribution in [1.82, 2.24) is 4.98 Å². The first-order valence-corrected chi connectivity index (χ1v) is 7.22. The van der Waals surface area contributed by atoms with E-state index >= 15 is 0 Å². The van der Waals surface area contributed by atoms with Crippen molar-refractivity contribution in [3.8, 4) is 0 Å². The Kier molecular flexibility index (Phi) is 4.04. The van der Waals surface area contributed by atoms with Gasteiger partial charge in [0.2, 0.25) is 0 Å². The van der Waals surface area contributed by atoms with E-state index < -0.39 is 10.0 Å². The van der Waals surface area contributed by atoms with E-state index in [4.69, 9.17) is 16.7 Å². The minimum Gasteiger partial charge on any atom is -0.392 e. The molecule has 0 atom stereocenters. The van der Waals surface area contributed by atoms with Gasteiger partial charge >= 0.3 is 0 Å². The van der Waals surface area contributed by atoms with Crippen LogP contribution in [0.15, 0.2) is 47.5 Å². The van der Waals surface area contributed by atoms with E-state index in [0.29, 0.717) is 11.3 Å². The van der Waals surface area contributed by atoms with Gasteiger partial charge in [-0.15, -0.1) is 0 Å². The number of anilines is 1. The molecular weight excluding hydrogens is 288 g/mol. The van der Waals surface area contributed by atoms with Gasteiger partial charge in [0.1, 0.15) is 10.0 Å². The Bertz CT molecular complexity index is 672. The summed E-state index contributed by atoms with van der Waals surface area (Å²) in [7, 11) is -3.74. The minimum atomic E-state index is -3.74. The van der Waals surface area contributed by atoms with Crippen LogP contribution >= 0.6 is 11.6 Å². The summed E-state index contributed by atoms with van der Waals surface area (Å²) in [6, 6.07) is 9.36. The van der Waals surface area contributed by atoms with Crippen LogP contribution in [0.1, 0.15) is 5.56 Å². The first-order chi connectivity index (χ1) is 9.03. The highest BCUT2D eigenvalue weighted by molar-refractivity contribution is 7.92. The van der Waals surface area contributed by atoms with Crippen LogP contribution in [0.3, 0.4) is 0 Å². The summed E-state index contributed by atoms with van der Waals surface area (Å²) in [6.07, 6.45) is 1.17. The molecule has 1 aromatic heterocycles. The molecule has 0 aliphatic rings. The third-order valence-electron chi connectivity index (χ3n) is 2.44. The SMILES string of the molecule is O=S(=O)(Nc1ccccc1CO)c1ccc(Cl)nc1. The van der Waals surface area contributed by atoms with Crippen LogP contribution in [0.2, 0.25) is 5.15 Å². The van der Waals surface area contributed by atoms with Crippen LogP contribution in [-0.2, 0) is 16.6 Å². The van der Waals surface area contributed by atoms with Gasteiger partial charge in [-0.25, -0.2) is 13.4 Å². The second kappa shape index (κ2) is 5.56. The Morgan fingerprint density at radius 3 is 2.58 bits per heavy atom. The quantitative estimate of drug-likeness (QED) is 0.847. The predicted molar refractivity (Wildman–Crippen MR) is 72.4 cm³/mol. The maximum Gasteiger partial charge on any atom is 0.263 e. The Hall–Kier alpha value is -1.63. The van der Waals surface area contributed by atoms with Crippen molar-refractivity contribution in [3.05, 3.63) is 53.3 Å².